The van der Waals surface area contributed by atoms with Gasteiger partial charge in [-0.3, -0.25) is 9.59 Å². The summed E-state index contributed by atoms with van der Waals surface area (Å²) in [5.74, 6) is 2.78. The predicted molar refractivity (Wildman–Crippen MR) is 51.7 cm³/mol. The van der Waals surface area contributed by atoms with Crippen LogP contribution in [-0.2, 0) is 9.59 Å². The van der Waals surface area contributed by atoms with Crippen molar-refractivity contribution in [3.63, 3.8) is 0 Å². The fourth-order valence-corrected chi connectivity index (χ4v) is 4.00. The first-order chi connectivity index (χ1) is 6.77. The van der Waals surface area contributed by atoms with Crippen LogP contribution in [0.1, 0.15) is 38.5 Å². The van der Waals surface area contributed by atoms with E-state index >= 15 is 0 Å². The van der Waals surface area contributed by atoms with Crippen molar-refractivity contribution in [2.45, 2.75) is 38.5 Å². The monoisotopic (exact) mass is 192 g/mol. The molecule has 0 spiro atoms. The van der Waals surface area contributed by atoms with Crippen LogP contribution >= 0.6 is 0 Å². The van der Waals surface area contributed by atoms with Gasteiger partial charge in [0.1, 0.15) is 11.6 Å². The molecule has 0 aromatic carbocycles. The number of Topliss-reactive ketones (excluding diaryl/α,β-unsaturated/α-hetero) is 2. The lowest BCUT2D eigenvalue weighted by Gasteiger charge is -2.34. The third-order valence-electron chi connectivity index (χ3n) is 4.65. The number of hydrogen-bond acceptors (Lipinski definition) is 2. The lowest BCUT2D eigenvalue weighted by Crippen LogP contribution is -2.32. The van der Waals surface area contributed by atoms with Crippen molar-refractivity contribution < 1.29 is 9.59 Å². The Kier molecular flexibility index (Phi) is 1.80. The first-order valence-corrected chi connectivity index (χ1v) is 5.83. The molecule has 2 nitrogen and oxygen atoms in total. The van der Waals surface area contributed by atoms with Crippen LogP contribution in [0.15, 0.2) is 0 Å². The minimum absolute atomic E-state index is 0.335. The molecular weight excluding hydrogens is 176 g/mol. The second kappa shape index (κ2) is 2.91. The maximum Gasteiger partial charge on any atom is 0.136 e. The van der Waals surface area contributed by atoms with E-state index in [0.717, 1.165) is 38.5 Å². The summed E-state index contributed by atoms with van der Waals surface area (Å²) in [7, 11) is 0. The van der Waals surface area contributed by atoms with Crippen LogP contribution in [0.2, 0.25) is 0 Å². The summed E-state index contributed by atoms with van der Waals surface area (Å²) < 4.78 is 0. The van der Waals surface area contributed by atoms with Gasteiger partial charge in [0.05, 0.1) is 0 Å². The maximum atomic E-state index is 11.6. The summed E-state index contributed by atoms with van der Waals surface area (Å²) >= 11 is 0. The van der Waals surface area contributed by atoms with E-state index in [1.807, 2.05) is 0 Å². The van der Waals surface area contributed by atoms with Crippen molar-refractivity contribution in [1.82, 2.24) is 0 Å². The number of rotatable bonds is 0. The van der Waals surface area contributed by atoms with E-state index in [1.54, 1.807) is 0 Å². The first-order valence-electron chi connectivity index (χ1n) is 5.83. The highest BCUT2D eigenvalue weighted by atomic mass is 16.1. The molecule has 0 saturated heterocycles. The van der Waals surface area contributed by atoms with E-state index in [4.69, 9.17) is 0 Å². The van der Waals surface area contributed by atoms with Crippen LogP contribution in [0, 0.1) is 23.7 Å². The molecule has 0 radical (unpaired) electrons. The summed E-state index contributed by atoms with van der Waals surface area (Å²) in [6.45, 7) is 0. The average molecular weight is 192 g/mol. The number of carbonyl (C=O) groups is 2. The molecule has 3 fully saturated rings. The molecule has 0 bridgehead atoms. The van der Waals surface area contributed by atoms with Gasteiger partial charge in [0.2, 0.25) is 0 Å². The van der Waals surface area contributed by atoms with Gasteiger partial charge in [-0.05, 0) is 37.5 Å². The molecule has 0 aromatic rings. The molecule has 0 N–H and O–H groups in total. The highest BCUT2D eigenvalue weighted by Gasteiger charge is 2.49. The Morgan fingerprint density at radius 1 is 0.714 bits per heavy atom. The van der Waals surface area contributed by atoms with Gasteiger partial charge >= 0.3 is 0 Å². The highest BCUT2D eigenvalue weighted by Crippen LogP contribution is 2.51. The Balaban J connectivity index is 1.87. The van der Waals surface area contributed by atoms with E-state index in [9.17, 15) is 9.59 Å². The molecular formula is C12H16O2. The molecule has 14 heavy (non-hydrogen) atoms. The van der Waals surface area contributed by atoms with Gasteiger partial charge in [-0.1, -0.05) is 0 Å². The van der Waals surface area contributed by atoms with Crippen LogP contribution in [0.25, 0.3) is 0 Å². The Bertz CT molecular complexity index is 265. The Labute approximate surface area is 84.1 Å². The summed E-state index contributed by atoms with van der Waals surface area (Å²) in [5.41, 5.74) is 0. The molecule has 0 heterocycles. The summed E-state index contributed by atoms with van der Waals surface area (Å²) in [6.07, 6.45) is 5.70. The Morgan fingerprint density at radius 2 is 1.14 bits per heavy atom. The zero-order chi connectivity index (χ0) is 9.71. The van der Waals surface area contributed by atoms with Gasteiger partial charge in [0.25, 0.3) is 0 Å². The molecule has 3 saturated carbocycles. The summed E-state index contributed by atoms with van der Waals surface area (Å²) in [4.78, 5) is 23.2. The van der Waals surface area contributed by atoms with E-state index in [1.165, 1.54) is 0 Å². The van der Waals surface area contributed by atoms with Gasteiger partial charge in [0.15, 0.2) is 0 Å². The first kappa shape index (κ1) is 8.63. The van der Waals surface area contributed by atoms with E-state index in [0.29, 0.717) is 35.2 Å². The molecule has 0 unspecified atom stereocenters. The van der Waals surface area contributed by atoms with E-state index < -0.39 is 0 Å². The molecule has 0 aromatic heterocycles. The second-order valence-corrected chi connectivity index (χ2v) is 5.13. The van der Waals surface area contributed by atoms with Crippen LogP contribution in [0.3, 0.4) is 0 Å². The molecule has 3 aliphatic rings. The third-order valence-corrected chi connectivity index (χ3v) is 4.65. The van der Waals surface area contributed by atoms with Crippen molar-refractivity contribution in [2.75, 3.05) is 0 Å². The quantitative estimate of drug-likeness (QED) is 0.588. The van der Waals surface area contributed by atoms with E-state index in [-0.39, 0.29) is 0 Å². The SMILES string of the molecule is O=C1CC[C@H]2[C@@H]3CCC(=O)[C@H]3CC[C@H]12. The average Bonchev–Trinajstić information content (AvgIpc) is 2.72. The van der Waals surface area contributed by atoms with Crippen molar-refractivity contribution in [1.29, 1.82) is 0 Å². The molecule has 0 aliphatic heterocycles. The number of carbonyl (C=O) groups excluding carboxylic acids is 2. The lowest BCUT2D eigenvalue weighted by atomic mass is 9.69. The Morgan fingerprint density at radius 3 is 1.57 bits per heavy atom. The molecule has 4 atom stereocenters. The normalized spacial score (nSPS) is 46.6. The van der Waals surface area contributed by atoms with Crippen LogP contribution < -0.4 is 0 Å². The molecule has 76 valence electrons. The second-order valence-electron chi connectivity index (χ2n) is 5.13. The number of fused-ring (bicyclic) bond motifs is 3. The van der Waals surface area contributed by atoms with Crippen molar-refractivity contribution in [2.24, 2.45) is 23.7 Å². The largest absolute Gasteiger partial charge is 0.299 e. The smallest absolute Gasteiger partial charge is 0.136 e. The van der Waals surface area contributed by atoms with Gasteiger partial charge in [-0.25, -0.2) is 0 Å². The third kappa shape index (κ3) is 1.03. The van der Waals surface area contributed by atoms with Crippen molar-refractivity contribution >= 4 is 11.6 Å². The fraction of sp³-hybridized carbons (Fsp3) is 0.833. The van der Waals surface area contributed by atoms with Crippen molar-refractivity contribution in [3.05, 3.63) is 0 Å². The molecule has 0 amide bonds. The molecule has 3 aliphatic carbocycles. The Hall–Kier alpha value is -0.660. The minimum atomic E-state index is 0.335. The van der Waals surface area contributed by atoms with Gasteiger partial charge in [-0.15, -0.1) is 0 Å². The summed E-state index contributed by atoms with van der Waals surface area (Å²) in [5, 5.41) is 0. The zero-order valence-electron chi connectivity index (χ0n) is 8.37. The van der Waals surface area contributed by atoms with Gasteiger partial charge in [-0.2, -0.15) is 0 Å². The molecule has 2 heteroatoms. The van der Waals surface area contributed by atoms with E-state index in [2.05, 4.69) is 0 Å². The fourth-order valence-electron chi connectivity index (χ4n) is 4.00. The number of ketones is 2. The minimum Gasteiger partial charge on any atom is -0.299 e. The van der Waals surface area contributed by atoms with Crippen LogP contribution in [0.5, 0.6) is 0 Å². The van der Waals surface area contributed by atoms with Crippen LogP contribution in [-0.4, -0.2) is 11.6 Å². The van der Waals surface area contributed by atoms with Crippen LogP contribution in [0.4, 0.5) is 0 Å². The summed E-state index contributed by atoms with van der Waals surface area (Å²) in [6, 6.07) is 0. The van der Waals surface area contributed by atoms with Gasteiger partial charge in [0, 0.05) is 24.7 Å². The lowest BCUT2D eigenvalue weighted by molar-refractivity contribution is -0.126. The molecule has 3 rings (SSSR count). The highest BCUT2D eigenvalue weighted by molar-refractivity contribution is 5.86. The topological polar surface area (TPSA) is 34.1 Å². The zero-order valence-corrected chi connectivity index (χ0v) is 8.37. The van der Waals surface area contributed by atoms with Crippen molar-refractivity contribution in [3.8, 4) is 0 Å². The maximum absolute atomic E-state index is 11.6. The number of hydrogen-bond donors (Lipinski definition) is 0. The standard InChI is InChI=1S/C12H16O2/c13-11-5-3-7-8-4-6-12(14)10(8)2-1-9(7)11/h7-10H,1-6H2/t7-,8-,9-,10-/m0/s1. The predicted octanol–water partition coefficient (Wildman–Crippen LogP) is 1.97. The van der Waals surface area contributed by atoms with Gasteiger partial charge < -0.3 is 0 Å².